The molecule has 2 aromatic carbocycles. The Kier molecular flexibility index (Phi) is 5.35. The molecule has 0 bridgehead atoms. The predicted octanol–water partition coefficient (Wildman–Crippen LogP) is 4.01. The number of carbonyl (C=O) groups is 1. The fourth-order valence-corrected chi connectivity index (χ4v) is 3.62. The molecule has 0 aliphatic carbocycles. The zero-order valence-electron chi connectivity index (χ0n) is 15.5. The number of nitrogens with zero attached hydrogens (tertiary/aromatic N) is 2. The van der Waals surface area contributed by atoms with Gasteiger partial charge >= 0.3 is 0 Å². The van der Waals surface area contributed by atoms with E-state index in [9.17, 15) is 18.0 Å². The molecule has 1 amide bonds. The van der Waals surface area contributed by atoms with Crippen LogP contribution in [0.1, 0.15) is 34.8 Å². The lowest BCUT2D eigenvalue weighted by Crippen LogP contribution is -2.29. The van der Waals surface area contributed by atoms with Crippen LogP contribution < -0.4 is 10.6 Å². The number of piperidine rings is 1. The molecular weight excluding hydrogens is 381 g/mol. The van der Waals surface area contributed by atoms with E-state index in [1.165, 1.54) is 24.4 Å². The zero-order valence-corrected chi connectivity index (χ0v) is 15.5. The number of rotatable bonds is 4. The van der Waals surface area contributed by atoms with Gasteiger partial charge in [0.05, 0.1) is 28.8 Å². The fraction of sp³-hybridized carbons (Fsp3) is 0.238. The monoisotopic (exact) mass is 400 g/mol. The molecule has 0 atom stereocenters. The minimum Gasteiger partial charge on any atom is -0.319 e. The highest BCUT2D eigenvalue weighted by Crippen LogP contribution is 2.31. The molecule has 1 aromatic heterocycles. The predicted molar refractivity (Wildman–Crippen MR) is 103 cm³/mol. The Balaban J connectivity index is 1.73. The van der Waals surface area contributed by atoms with Gasteiger partial charge in [-0.1, -0.05) is 6.07 Å². The van der Waals surface area contributed by atoms with E-state index in [1.54, 1.807) is 16.8 Å². The topological polar surface area (TPSA) is 59.0 Å². The van der Waals surface area contributed by atoms with Crippen molar-refractivity contribution in [1.82, 2.24) is 15.1 Å². The van der Waals surface area contributed by atoms with E-state index in [2.05, 4.69) is 15.7 Å². The van der Waals surface area contributed by atoms with Crippen molar-refractivity contribution in [3.63, 3.8) is 0 Å². The molecule has 150 valence electrons. The van der Waals surface area contributed by atoms with Crippen LogP contribution in [-0.4, -0.2) is 28.8 Å². The van der Waals surface area contributed by atoms with Gasteiger partial charge in [0, 0.05) is 12.0 Å². The maximum Gasteiger partial charge on any atom is 0.259 e. The normalized spacial score (nSPS) is 14.7. The first-order valence-electron chi connectivity index (χ1n) is 9.34. The Morgan fingerprint density at radius 1 is 1.07 bits per heavy atom. The molecule has 0 spiro atoms. The van der Waals surface area contributed by atoms with E-state index in [4.69, 9.17) is 0 Å². The smallest absolute Gasteiger partial charge is 0.259 e. The molecule has 1 aliphatic rings. The summed E-state index contributed by atoms with van der Waals surface area (Å²) in [5.74, 6) is -2.52. The first-order valence-corrected chi connectivity index (χ1v) is 9.34. The van der Waals surface area contributed by atoms with Crippen LogP contribution in [0.2, 0.25) is 0 Å². The number of anilines is 1. The van der Waals surface area contributed by atoms with Crippen molar-refractivity contribution in [3.8, 4) is 5.69 Å². The van der Waals surface area contributed by atoms with Crippen molar-refractivity contribution in [3.05, 3.63) is 77.4 Å². The summed E-state index contributed by atoms with van der Waals surface area (Å²) in [5.41, 5.74) is 1.32. The summed E-state index contributed by atoms with van der Waals surface area (Å²) in [6.07, 6.45) is 2.97. The minimum absolute atomic E-state index is 0.0285. The highest BCUT2D eigenvalue weighted by atomic mass is 19.1. The van der Waals surface area contributed by atoms with Crippen LogP contribution in [0, 0.1) is 17.5 Å². The fourth-order valence-electron chi connectivity index (χ4n) is 3.62. The number of nitrogens with one attached hydrogen (secondary N) is 2. The van der Waals surface area contributed by atoms with Gasteiger partial charge in [0.15, 0.2) is 0 Å². The lowest BCUT2D eigenvalue weighted by atomic mass is 9.91. The van der Waals surface area contributed by atoms with E-state index in [1.807, 2.05) is 0 Å². The number of benzene rings is 2. The number of hydrogen-bond acceptors (Lipinski definition) is 3. The van der Waals surface area contributed by atoms with Gasteiger partial charge in [-0.25, -0.2) is 17.9 Å². The second-order valence-electron chi connectivity index (χ2n) is 6.94. The van der Waals surface area contributed by atoms with Gasteiger partial charge in [-0.15, -0.1) is 0 Å². The van der Waals surface area contributed by atoms with Crippen molar-refractivity contribution in [2.75, 3.05) is 18.4 Å². The van der Waals surface area contributed by atoms with Crippen LogP contribution >= 0.6 is 0 Å². The van der Waals surface area contributed by atoms with Crippen LogP contribution in [0.25, 0.3) is 5.69 Å². The standard InChI is InChI=1S/C21H19F3N4O/c22-14-2-1-3-16(10-14)28-20(13-6-8-25-9-7-13)17(12-26-28)21(29)27-19-5-4-15(23)11-18(19)24/h1-5,10-13,25H,6-9H2,(H,27,29). The average Bonchev–Trinajstić information content (AvgIpc) is 3.16. The van der Waals surface area contributed by atoms with Crippen LogP contribution in [0.5, 0.6) is 0 Å². The first-order chi connectivity index (χ1) is 14.0. The van der Waals surface area contributed by atoms with Crippen molar-refractivity contribution < 1.29 is 18.0 Å². The molecule has 29 heavy (non-hydrogen) atoms. The minimum atomic E-state index is -0.862. The van der Waals surface area contributed by atoms with Crippen LogP contribution in [-0.2, 0) is 0 Å². The molecule has 3 aromatic rings. The number of aromatic nitrogens is 2. The third-order valence-corrected chi connectivity index (χ3v) is 5.01. The summed E-state index contributed by atoms with van der Waals surface area (Å²) in [7, 11) is 0. The van der Waals surface area contributed by atoms with Crippen molar-refractivity contribution >= 4 is 11.6 Å². The van der Waals surface area contributed by atoms with Gasteiger partial charge in [0.25, 0.3) is 5.91 Å². The molecule has 4 rings (SSSR count). The second-order valence-corrected chi connectivity index (χ2v) is 6.94. The maximum absolute atomic E-state index is 14.0. The van der Waals surface area contributed by atoms with Gasteiger partial charge in [-0.2, -0.15) is 5.10 Å². The molecule has 0 saturated carbocycles. The van der Waals surface area contributed by atoms with E-state index < -0.39 is 23.4 Å². The molecule has 2 N–H and O–H groups in total. The highest BCUT2D eigenvalue weighted by molar-refractivity contribution is 6.05. The molecule has 5 nitrogen and oxygen atoms in total. The quantitative estimate of drug-likeness (QED) is 0.696. The van der Waals surface area contributed by atoms with Crippen LogP contribution in [0.4, 0.5) is 18.9 Å². The van der Waals surface area contributed by atoms with Gasteiger partial charge in [0.1, 0.15) is 17.5 Å². The van der Waals surface area contributed by atoms with Crippen molar-refractivity contribution in [2.45, 2.75) is 18.8 Å². The molecule has 1 saturated heterocycles. The second kappa shape index (κ2) is 8.08. The Hall–Kier alpha value is -3.13. The van der Waals surface area contributed by atoms with E-state index in [-0.39, 0.29) is 17.2 Å². The molecule has 2 heterocycles. The lowest BCUT2D eigenvalue weighted by Gasteiger charge is -2.24. The molecule has 1 aliphatic heterocycles. The third kappa shape index (κ3) is 4.02. The molecule has 0 radical (unpaired) electrons. The van der Waals surface area contributed by atoms with E-state index in [0.29, 0.717) is 17.4 Å². The summed E-state index contributed by atoms with van der Waals surface area (Å²) in [4.78, 5) is 12.9. The Morgan fingerprint density at radius 3 is 2.55 bits per heavy atom. The zero-order chi connectivity index (χ0) is 20.4. The largest absolute Gasteiger partial charge is 0.319 e. The number of amides is 1. The van der Waals surface area contributed by atoms with Crippen LogP contribution in [0.15, 0.2) is 48.7 Å². The number of carbonyl (C=O) groups excluding carboxylic acids is 1. The summed E-state index contributed by atoms with van der Waals surface area (Å²) in [6, 6.07) is 8.92. The Labute approximate surface area is 165 Å². The van der Waals surface area contributed by atoms with Gasteiger partial charge < -0.3 is 10.6 Å². The Morgan fingerprint density at radius 2 is 1.83 bits per heavy atom. The van der Waals surface area contributed by atoms with E-state index in [0.717, 1.165) is 32.0 Å². The highest BCUT2D eigenvalue weighted by Gasteiger charge is 2.27. The number of halogens is 3. The third-order valence-electron chi connectivity index (χ3n) is 5.01. The van der Waals surface area contributed by atoms with Crippen molar-refractivity contribution in [1.29, 1.82) is 0 Å². The summed E-state index contributed by atoms with van der Waals surface area (Å²) < 4.78 is 42.4. The molecule has 8 heteroatoms. The van der Waals surface area contributed by atoms with Crippen LogP contribution in [0.3, 0.4) is 0 Å². The average molecular weight is 400 g/mol. The molecule has 1 fully saturated rings. The SMILES string of the molecule is O=C(Nc1ccc(F)cc1F)c1cnn(-c2cccc(F)c2)c1C1CCNCC1. The lowest BCUT2D eigenvalue weighted by molar-refractivity contribution is 0.102. The number of hydrogen-bond donors (Lipinski definition) is 2. The van der Waals surface area contributed by atoms with Gasteiger partial charge in [-0.3, -0.25) is 4.79 Å². The van der Waals surface area contributed by atoms with Crippen molar-refractivity contribution in [2.24, 2.45) is 0 Å². The first kappa shape index (κ1) is 19.2. The van der Waals surface area contributed by atoms with E-state index >= 15 is 0 Å². The maximum atomic E-state index is 14.0. The van der Waals surface area contributed by atoms with Gasteiger partial charge in [-0.05, 0) is 56.3 Å². The summed E-state index contributed by atoms with van der Waals surface area (Å²) in [6.45, 7) is 1.57. The summed E-state index contributed by atoms with van der Waals surface area (Å²) in [5, 5.41) is 10.1. The molecule has 0 unspecified atom stereocenters. The van der Waals surface area contributed by atoms with Gasteiger partial charge in [0.2, 0.25) is 0 Å². The molecular formula is C21H19F3N4O. The Bertz CT molecular complexity index is 1040. The summed E-state index contributed by atoms with van der Waals surface area (Å²) >= 11 is 0.